The number of hydrogen-bond acceptors (Lipinski definition) is 4. The zero-order valence-corrected chi connectivity index (χ0v) is 11.6. The highest BCUT2D eigenvalue weighted by Crippen LogP contribution is 2.20. The molecule has 1 aromatic carbocycles. The van der Waals surface area contributed by atoms with Gasteiger partial charge in [-0.1, -0.05) is 12.1 Å². The molecule has 2 heterocycles. The van der Waals surface area contributed by atoms with Crippen LogP contribution in [0.25, 0.3) is 11.3 Å². The third-order valence-corrected chi connectivity index (χ3v) is 3.79. The van der Waals surface area contributed by atoms with Crippen molar-refractivity contribution in [3.8, 4) is 11.3 Å². The zero-order valence-electron chi connectivity index (χ0n) is 11.6. The van der Waals surface area contributed by atoms with Gasteiger partial charge < -0.3 is 10.4 Å². The van der Waals surface area contributed by atoms with Gasteiger partial charge in [-0.3, -0.25) is 0 Å². The minimum absolute atomic E-state index is 0.271. The number of nitrogens with zero attached hydrogens (tertiary/aromatic N) is 2. The van der Waals surface area contributed by atoms with Crippen LogP contribution in [0.1, 0.15) is 22.5 Å². The Balaban J connectivity index is 1.85. The fourth-order valence-corrected chi connectivity index (χ4v) is 2.66. The molecule has 0 saturated carbocycles. The van der Waals surface area contributed by atoms with E-state index in [4.69, 9.17) is 5.11 Å². The summed E-state index contributed by atoms with van der Waals surface area (Å²) in [4.78, 5) is 19.6. The first-order valence-corrected chi connectivity index (χ1v) is 7.08. The highest BCUT2D eigenvalue weighted by Gasteiger charge is 2.16. The number of carboxylic acids is 1. The van der Waals surface area contributed by atoms with Crippen molar-refractivity contribution < 1.29 is 9.90 Å². The lowest BCUT2D eigenvalue weighted by Gasteiger charge is -2.08. The maximum atomic E-state index is 11.0. The monoisotopic (exact) mass is 283 g/mol. The molecule has 1 aromatic heterocycles. The molecule has 1 fully saturated rings. The number of benzene rings is 1. The lowest BCUT2D eigenvalue weighted by atomic mass is 10.0. The molecule has 0 amide bonds. The van der Waals surface area contributed by atoms with Gasteiger partial charge in [-0.05, 0) is 50.0 Å². The van der Waals surface area contributed by atoms with Gasteiger partial charge in [0.05, 0.1) is 11.3 Å². The van der Waals surface area contributed by atoms with Crippen LogP contribution in [0.3, 0.4) is 0 Å². The third kappa shape index (κ3) is 3.25. The van der Waals surface area contributed by atoms with E-state index < -0.39 is 5.97 Å². The quantitative estimate of drug-likeness (QED) is 0.897. The molecule has 0 unspecified atom stereocenters. The molecule has 3 rings (SSSR count). The second kappa shape index (κ2) is 6.01. The lowest BCUT2D eigenvalue weighted by Crippen LogP contribution is -2.11. The smallest absolute Gasteiger partial charge is 0.335 e. The van der Waals surface area contributed by atoms with Gasteiger partial charge in [0.2, 0.25) is 0 Å². The Kier molecular flexibility index (Phi) is 3.92. The fourth-order valence-electron chi connectivity index (χ4n) is 2.66. The average molecular weight is 283 g/mol. The van der Waals surface area contributed by atoms with Gasteiger partial charge in [0.25, 0.3) is 0 Å². The SMILES string of the molecule is O=C(O)c1cccc(-c2cc(C[C@@H]3CCNC3)ncn2)c1. The predicted molar refractivity (Wildman–Crippen MR) is 79.1 cm³/mol. The first-order valence-electron chi connectivity index (χ1n) is 7.08. The molecule has 0 spiro atoms. The van der Waals surface area contributed by atoms with E-state index in [1.807, 2.05) is 12.1 Å². The lowest BCUT2D eigenvalue weighted by molar-refractivity contribution is 0.0697. The number of carbonyl (C=O) groups is 1. The van der Waals surface area contributed by atoms with Crippen LogP contribution in [0.2, 0.25) is 0 Å². The van der Waals surface area contributed by atoms with E-state index in [2.05, 4.69) is 15.3 Å². The molecule has 0 radical (unpaired) electrons. The van der Waals surface area contributed by atoms with Crippen molar-refractivity contribution in [1.29, 1.82) is 0 Å². The maximum absolute atomic E-state index is 11.0. The van der Waals surface area contributed by atoms with E-state index in [9.17, 15) is 4.79 Å². The van der Waals surface area contributed by atoms with E-state index in [1.165, 1.54) is 6.42 Å². The van der Waals surface area contributed by atoms with Crippen LogP contribution < -0.4 is 5.32 Å². The molecule has 21 heavy (non-hydrogen) atoms. The van der Waals surface area contributed by atoms with Crippen LogP contribution in [0.5, 0.6) is 0 Å². The minimum atomic E-state index is -0.928. The molecule has 1 aliphatic heterocycles. The summed E-state index contributed by atoms with van der Waals surface area (Å²) in [6.07, 6.45) is 3.66. The molecule has 108 valence electrons. The van der Waals surface area contributed by atoms with Crippen molar-refractivity contribution in [1.82, 2.24) is 15.3 Å². The Labute approximate surface area is 123 Å². The van der Waals surface area contributed by atoms with Gasteiger partial charge in [-0.25, -0.2) is 14.8 Å². The molecular weight excluding hydrogens is 266 g/mol. The zero-order chi connectivity index (χ0) is 14.7. The number of hydrogen-bond donors (Lipinski definition) is 2. The van der Waals surface area contributed by atoms with E-state index in [-0.39, 0.29) is 5.56 Å². The van der Waals surface area contributed by atoms with Crippen molar-refractivity contribution in [2.24, 2.45) is 5.92 Å². The minimum Gasteiger partial charge on any atom is -0.478 e. The Morgan fingerprint density at radius 1 is 1.33 bits per heavy atom. The molecule has 5 heteroatoms. The van der Waals surface area contributed by atoms with Crippen LogP contribution in [-0.4, -0.2) is 34.1 Å². The van der Waals surface area contributed by atoms with E-state index in [0.29, 0.717) is 5.92 Å². The summed E-state index contributed by atoms with van der Waals surface area (Å²) in [7, 11) is 0. The molecule has 1 saturated heterocycles. The highest BCUT2D eigenvalue weighted by molar-refractivity contribution is 5.89. The van der Waals surface area contributed by atoms with Crippen LogP contribution in [0.15, 0.2) is 36.7 Å². The van der Waals surface area contributed by atoms with Crippen molar-refractivity contribution in [3.63, 3.8) is 0 Å². The Hall–Kier alpha value is -2.27. The molecule has 5 nitrogen and oxygen atoms in total. The maximum Gasteiger partial charge on any atom is 0.335 e. The second-order valence-corrected chi connectivity index (χ2v) is 5.34. The van der Waals surface area contributed by atoms with Gasteiger partial charge in [0.15, 0.2) is 0 Å². The summed E-state index contributed by atoms with van der Waals surface area (Å²) in [5, 5.41) is 12.4. The summed E-state index contributed by atoms with van der Waals surface area (Å²) in [5.41, 5.74) is 2.86. The first kappa shape index (κ1) is 13.7. The summed E-state index contributed by atoms with van der Waals surface area (Å²) in [6.45, 7) is 2.11. The van der Waals surface area contributed by atoms with Gasteiger partial charge in [-0.2, -0.15) is 0 Å². The van der Waals surface area contributed by atoms with Gasteiger partial charge in [0, 0.05) is 11.3 Å². The van der Waals surface area contributed by atoms with E-state index >= 15 is 0 Å². The summed E-state index contributed by atoms with van der Waals surface area (Å²) in [5.74, 6) is -0.304. The number of aromatic carboxylic acids is 1. The predicted octanol–water partition coefficient (Wildman–Crippen LogP) is 1.99. The van der Waals surface area contributed by atoms with Gasteiger partial charge in [0.1, 0.15) is 6.33 Å². The molecular formula is C16H17N3O2. The van der Waals surface area contributed by atoms with E-state index in [1.54, 1.807) is 24.5 Å². The number of aromatic nitrogens is 2. The second-order valence-electron chi connectivity index (χ2n) is 5.34. The number of rotatable bonds is 4. The molecule has 0 bridgehead atoms. The average Bonchev–Trinajstić information content (AvgIpc) is 3.00. The van der Waals surface area contributed by atoms with Crippen LogP contribution in [0, 0.1) is 5.92 Å². The molecule has 2 N–H and O–H groups in total. The van der Waals surface area contributed by atoms with E-state index in [0.717, 1.165) is 36.5 Å². The summed E-state index contributed by atoms with van der Waals surface area (Å²) in [6, 6.07) is 8.79. The normalized spacial score (nSPS) is 17.8. The van der Waals surface area contributed by atoms with Crippen molar-refractivity contribution in [2.75, 3.05) is 13.1 Å². The molecule has 0 aliphatic carbocycles. The van der Waals surface area contributed by atoms with Crippen LogP contribution >= 0.6 is 0 Å². The largest absolute Gasteiger partial charge is 0.478 e. The van der Waals surface area contributed by atoms with Crippen LogP contribution in [-0.2, 0) is 6.42 Å². The Bertz CT molecular complexity index is 651. The van der Waals surface area contributed by atoms with Crippen molar-refractivity contribution >= 4 is 5.97 Å². The number of carboxylic acid groups (broad SMARTS) is 1. The number of nitrogens with one attached hydrogen (secondary N) is 1. The Morgan fingerprint density at radius 2 is 2.24 bits per heavy atom. The molecule has 1 atom stereocenters. The van der Waals surface area contributed by atoms with Gasteiger partial charge in [-0.15, -0.1) is 0 Å². The Morgan fingerprint density at radius 3 is 3.00 bits per heavy atom. The van der Waals surface area contributed by atoms with Gasteiger partial charge >= 0.3 is 5.97 Å². The molecule has 2 aromatic rings. The third-order valence-electron chi connectivity index (χ3n) is 3.79. The first-order chi connectivity index (χ1) is 10.2. The van der Waals surface area contributed by atoms with Crippen molar-refractivity contribution in [2.45, 2.75) is 12.8 Å². The van der Waals surface area contributed by atoms with Crippen molar-refractivity contribution in [3.05, 3.63) is 47.9 Å². The standard InChI is InChI=1S/C16H17N3O2/c20-16(21)13-3-1-2-12(7-13)15-8-14(18-10-19-15)6-11-4-5-17-9-11/h1-3,7-8,10-11,17H,4-6,9H2,(H,20,21)/t11-/m0/s1. The summed E-state index contributed by atoms with van der Waals surface area (Å²) >= 11 is 0. The summed E-state index contributed by atoms with van der Waals surface area (Å²) < 4.78 is 0. The molecule has 1 aliphatic rings. The van der Waals surface area contributed by atoms with Crippen LogP contribution in [0.4, 0.5) is 0 Å². The highest BCUT2D eigenvalue weighted by atomic mass is 16.4. The fraction of sp³-hybridized carbons (Fsp3) is 0.312. The topological polar surface area (TPSA) is 75.1 Å².